The monoisotopic (exact) mass is 294 g/mol. The van der Waals surface area contributed by atoms with Gasteiger partial charge in [0.15, 0.2) is 11.6 Å². The van der Waals surface area contributed by atoms with Gasteiger partial charge in [-0.3, -0.25) is 0 Å². The van der Waals surface area contributed by atoms with Gasteiger partial charge in [-0.2, -0.15) is 0 Å². The van der Waals surface area contributed by atoms with Crippen LogP contribution in [0.25, 0.3) is 0 Å². The smallest absolute Gasteiger partial charge is 0.488 e. The van der Waals surface area contributed by atoms with Crippen LogP contribution < -0.4 is 14.9 Å². The molecule has 0 spiro atoms. The molecule has 7 heteroatoms. The van der Waals surface area contributed by atoms with Crippen LogP contribution in [0.4, 0.5) is 8.78 Å². The van der Waals surface area contributed by atoms with Crippen LogP contribution in [-0.4, -0.2) is 24.3 Å². The molecule has 0 aromatic heterocycles. The average molecular weight is 294 g/mol. The van der Waals surface area contributed by atoms with Crippen molar-refractivity contribution in [3.05, 3.63) is 53.6 Å². The molecule has 0 amide bonds. The molecule has 2 aromatic carbocycles. The SMILES string of the molecule is COc1ccc(B(O)O)c(COc2ccc(F)cc2F)c1. The first-order valence-electron chi connectivity index (χ1n) is 6.12. The van der Waals surface area contributed by atoms with Crippen molar-refractivity contribution in [3.8, 4) is 11.5 Å². The van der Waals surface area contributed by atoms with Gasteiger partial charge in [-0.15, -0.1) is 0 Å². The lowest BCUT2D eigenvalue weighted by Crippen LogP contribution is -2.33. The van der Waals surface area contributed by atoms with Gasteiger partial charge in [-0.25, -0.2) is 8.78 Å². The zero-order valence-electron chi connectivity index (χ0n) is 11.2. The van der Waals surface area contributed by atoms with Crippen molar-refractivity contribution in [2.75, 3.05) is 7.11 Å². The van der Waals surface area contributed by atoms with Crippen molar-refractivity contribution in [2.24, 2.45) is 0 Å². The highest BCUT2D eigenvalue weighted by Crippen LogP contribution is 2.20. The Bertz CT molecular complexity index is 634. The second kappa shape index (κ2) is 6.56. The molecule has 0 radical (unpaired) electrons. The predicted octanol–water partition coefficient (Wildman–Crippen LogP) is 1.23. The van der Waals surface area contributed by atoms with Gasteiger partial charge in [0.05, 0.1) is 7.11 Å². The second-order valence-corrected chi connectivity index (χ2v) is 4.30. The van der Waals surface area contributed by atoms with Crippen molar-refractivity contribution in [2.45, 2.75) is 6.61 Å². The van der Waals surface area contributed by atoms with Gasteiger partial charge >= 0.3 is 7.12 Å². The first-order chi connectivity index (χ1) is 10.0. The Balaban J connectivity index is 2.22. The Morgan fingerprint density at radius 3 is 2.48 bits per heavy atom. The molecule has 0 unspecified atom stereocenters. The summed E-state index contributed by atoms with van der Waals surface area (Å²) in [6.45, 7) is -0.118. The van der Waals surface area contributed by atoms with Crippen LogP contribution in [0.1, 0.15) is 5.56 Å². The molecule has 0 heterocycles. The molecule has 0 atom stereocenters. The highest BCUT2D eigenvalue weighted by atomic mass is 19.1. The third-order valence-corrected chi connectivity index (χ3v) is 2.91. The standard InChI is InChI=1S/C14H13BF2O4/c1-20-11-3-4-12(15(18)19)9(6-11)8-21-14-5-2-10(16)7-13(14)17/h2-7,18-19H,8H2,1H3. The highest BCUT2D eigenvalue weighted by Gasteiger charge is 2.17. The molecule has 0 saturated heterocycles. The lowest BCUT2D eigenvalue weighted by atomic mass is 9.77. The molecule has 0 aliphatic heterocycles. The van der Waals surface area contributed by atoms with Gasteiger partial charge in [-0.05, 0) is 35.3 Å². The summed E-state index contributed by atoms with van der Waals surface area (Å²) < 4.78 is 36.6. The molecule has 2 N–H and O–H groups in total. The second-order valence-electron chi connectivity index (χ2n) is 4.30. The summed E-state index contributed by atoms with van der Waals surface area (Å²) in [6, 6.07) is 7.55. The molecule has 110 valence electrons. The summed E-state index contributed by atoms with van der Waals surface area (Å²) in [5.41, 5.74) is 0.645. The molecule has 2 aromatic rings. The molecule has 21 heavy (non-hydrogen) atoms. The van der Waals surface area contributed by atoms with Crippen molar-refractivity contribution >= 4 is 12.6 Å². The van der Waals surface area contributed by atoms with E-state index in [1.165, 1.54) is 19.2 Å². The predicted molar refractivity (Wildman–Crippen MR) is 73.5 cm³/mol. The zero-order valence-corrected chi connectivity index (χ0v) is 11.2. The van der Waals surface area contributed by atoms with Gasteiger partial charge in [0, 0.05) is 6.07 Å². The van der Waals surface area contributed by atoms with E-state index in [0.717, 1.165) is 6.07 Å². The summed E-state index contributed by atoms with van der Waals surface area (Å²) in [7, 11) is -0.221. The third-order valence-electron chi connectivity index (χ3n) is 2.91. The van der Waals surface area contributed by atoms with E-state index in [4.69, 9.17) is 9.47 Å². The van der Waals surface area contributed by atoms with Crippen LogP contribution >= 0.6 is 0 Å². The Labute approximate surface area is 120 Å². The molecule has 0 aliphatic carbocycles. The largest absolute Gasteiger partial charge is 0.497 e. The number of methoxy groups -OCH3 is 1. The quantitative estimate of drug-likeness (QED) is 0.814. The zero-order chi connectivity index (χ0) is 15.4. The van der Waals surface area contributed by atoms with Crippen molar-refractivity contribution in [1.29, 1.82) is 0 Å². The summed E-state index contributed by atoms with van der Waals surface area (Å²) in [5, 5.41) is 18.6. The van der Waals surface area contributed by atoms with E-state index >= 15 is 0 Å². The Morgan fingerprint density at radius 2 is 1.86 bits per heavy atom. The van der Waals surface area contributed by atoms with Crippen molar-refractivity contribution < 1.29 is 28.3 Å². The van der Waals surface area contributed by atoms with E-state index in [1.54, 1.807) is 12.1 Å². The van der Waals surface area contributed by atoms with E-state index in [0.29, 0.717) is 17.4 Å². The Kier molecular flexibility index (Phi) is 4.77. The lowest BCUT2D eigenvalue weighted by molar-refractivity contribution is 0.289. The minimum atomic E-state index is -1.69. The minimum absolute atomic E-state index is 0.118. The Morgan fingerprint density at radius 1 is 1.10 bits per heavy atom. The van der Waals surface area contributed by atoms with Crippen LogP contribution in [0.3, 0.4) is 0 Å². The van der Waals surface area contributed by atoms with E-state index in [2.05, 4.69) is 0 Å². The van der Waals surface area contributed by atoms with Gasteiger partial charge in [0.1, 0.15) is 18.2 Å². The molecule has 0 fully saturated rings. The average Bonchev–Trinajstić information content (AvgIpc) is 2.45. The van der Waals surface area contributed by atoms with E-state index in [9.17, 15) is 18.8 Å². The van der Waals surface area contributed by atoms with Crippen LogP contribution in [0.15, 0.2) is 36.4 Å². The molecule has 2 rings (SSSR count). The normalized spacial score (nSPS) is 10.3. The summed E-state index contributed by atoms with van der Waals surface area (Å²) in [6.07, 6.45) is 0. The fourth-order valence-corrected chi connectivity index (χ4v) is 1.83. The summed E-state index contributed by atoms with van der Waals surface area (Å²) in [4.78, 5) is 0. The number of hydrogen-bond donors (Lipinski definition) is 2. The number of hydrogen-bond acceptors (Lipinski definition) is 4. The van der Waals surface area contributed by atoms with E-state index < -0.39 is 18.8 Å². The van der Waals surface area contributed by atoms with Crippen molar-refractivity contribution in [1.82, 2.24) is 0 Å². The van der Waals surface area contributed by atoms with Crippen LogP contribution in [0, 0.1) is 11.6 Å². The van der Waals surface area contributed by atoms with Gasteiger partial charge < -0.3 is 19.5 Å². The minimum Gasteiger partial charge on any atom is -0.497 e. The fourth-order valence-electron chi connectivity index (χ4n) is 1.83. The van der Waals surface area contributed by atoms with Crippen LogP contribution in [0.2, 0.25) is 0 Å². The fraction of sp³-hybridized carbons (Fsp3) is 0.143. The molecule has 0 bridgehead atoms. The molecule has 4 nitrogen and oxygen atoms in total. The number of ether oxygens (including phenoxy) is 2. The van der Waals surface area contributed by atoms with Gasteiger partial charge in [0.25, 0.3) is 0 Å². The maximum atomic E-state index is 13.5. The first kappa shape index (κ1) is 15.3. The van der Waals surface area contributed by atoms with Gasteiger partial charge in [0.2, 0.25) is 0 Å². The summed E-state index contributed by atoms with van der Waals surface area (Å²) in [5.74, 6) is -1.16. The first-order valence-corrected chi connectivity index (χ1v) is 6.12. The van der Waals surface area contributed by atoms with Crippen molar-refractivity contribution in [3.63, 3.8) is 0 Å². The van der Waals surface area contributed by atoms with Gasteiger partial charge in [-0.1, -0.05) is 6.07 Å². The topological polar surface area (TPSA) is 58.9 Å². The number of benzene rings is 2. The van der Waals surface area contributed by atoms with Crippen LogP contribution in [0.5, 0.6) is 11.5 Å². The molecular weight excluding hydrogens is 281 g/mol. The maximum Gasteiger partial charge on any atom is 0.488 e. The number of halogens is 2. The van der Waals surface area contributed by atoms with E-state index in [-0.39, 0.29) is 17.8 Å². The molecule has 0 saturated carbocycles. The Hall–Kier alpha value is -2.12. The lowest BCUT2D eigenvalue weighted by Gasteiger charge is -2.12. The third kappa shape index (κ3) is 3.71. The van der Waals surface area contributed by atoms with E-state index in [1.807, 2.05) is 0 Å². The molecular formula is C14H13BF2O4. The maximum absolute atomic E-state index is 13.5. The molecule has 0 aliphatic rings. The number of rotatable bonds is 5. The summed E-state index contributed by atoms with van der Waals surface area (Å²) >= 11 is 0. The highest BCUT2D eigenvalue weighted by molar-refractivity contribution is 6.59. The van der Waals surface area contributed by atoms with Crippen LogP contribution in [-0.2, 0) is 6.61 Å².